The Balaban J connectivity index is 2.86. The van der Waals surface area contributed by atoms with Gasteiger partial charge in [0, 0.05) is 11.6 Å². The summed E-state index contributed by atoms with van der Waals surface area (Å²) in [4.78, 5) is 4.35. The van der Waals surface area contributed by atoms with Gasteiger partial charge in [-0.15, -0.1) is 0 Å². The quantitative estimate of drug-likeness (QED) is 0.691. The summed E-state index contributed by atoms with van der Waals surface area (Å²) >= 11 is 6.26. The zero-order chi connectivity index (χ0) is 11.1. The number of hydrogen-bond donors (Lipinski definition) is 0. The van der Waals surface area contributed by atoms with E-state index in [1.807, 2.05) is 18.2 Å². The van der Waals surface area contributed by atoms with Crippen LogP contribution in [0.25, 0.3) is 10.9 Å². The van der Waals surface area contributed by atoms with E-state index in [1.54, 1.807) is 6.20 Å². The number of para-hydroxylation sites is 1. The van der Waals surface area contributed by atoms with Gasteiger partial charge in [0.1, 0.15) is 0 Å². The second-order valence-electron chi connectivity index (χ2n) is 4.75. The topological polar surface area (TPSA) is 12.9 Å². The molecular weight excluding hydrogens is 222 g/mol. The van der Waals surface area contributed by atoms with Gasteiger partial charge in [-0.2, -0.15) is 0 Å². The van der Waals surface area contributed by atoms with Gasteiger partial charge in [0.15, 0.2) is 0 Å². The van der Waals surface area contributed by atoms with E-state index >= 15 is 0 Å². The average molecular weight is 236 g/mol. The second-order valence-corrected chi connectivity index (χ2v) is 10.2. The molecule has 0 saturated heterocycles. The molecule has 0 spiro atoms. The van der Waals surface area contributed by atoms with E-state index in [9.17, 15) is 0 Å². The molecule has 0 amide bonds. The lowest BCUT2D eigenvalue weighted by atomic mass is 10.2. The van der Waals surface area contributed by atoms with Gasteiger partial charge in [-0.3, -0.25) is 4.98 Å². The number of benzene rings is 1. The van der Waals surface area contributed by atoms with Crippen LogP contribution in [0.1, 0.15) is 0 Å². The summed E-state index contributed by atoms with van der Waals surface area (Å²) in [5, 5.41) is 3.34. The predicted molar refractivity (Wildman–Crippen MR) is 69.7 cm³/mol. The first-order valence-corrected chi connectivity index (χ1v) is 8.91. The maximum Gasteiger partial charge on any atom is 0.0805 e. The summed E-state index contributed by atoms with van der Waals surface area (Å²) in [6.45, 7) is 6.92. The molecule has 0 aliphatic heterocycles. The van der Waals surface area contributed by atoms with Crippen molar-refractivity contribution in [3.05, 3.63) is 35.5 Å². The van der Waals surface area contributed by atoms with Gasteiger partial charge < -0.3 is 0 Å². The number of nitrogens with zero attached hydrogens (tertiary/aromatic N) is 1. The first-order chi connectivity index (χ1) is 7.00. The highest BCUT2D eigenvalue weighted by molar-refractivity contribution is 6.91. The summed E-state index contributed by atoms with van der Waals surface area (Å²) in [6, 6.07) is 8.21. The summed E-state index contributed by atoms with van der Waals surface area (Å²) in [5.41, 5.74) is 1.04. The highest BCUT2D eigenvalue weighted by Crippen LogP contribution is 2.19. The number of pyridine rings is 1. The number of fused-ring (bicyclic) bond motifs is 1. The van der Waals surface area contributed by atoms with E-state index in [0.717, 1.165) is 10.5 Å². The van der Waals surface area contributed by atoms with E-state index in [1.165, 1.54) is 10.6 Å². The van der Waals surface area contributed by atoms with Crippen LogP contribution in [0.5, 0.6) is 0 Å². The van der Waals surface area contributed by atoms with Crippen LogP contribution < -0.4 is 5.19 Å². The largest absolute Gasteiger partial charge is 0.255 e. The van der Waals surface area contributed by atoms with Gasteiger partial charge in [-0.05, 0) is 11.3 Å². The molecule has 0 atom stereocenters. The third-order valence-corrected chi connectivity index (χ3v) is 4.96. The standard InChI is InChI=1S/C12H14ClNSi/c1-15(2,3)12-9-6-4-5-7-11(9)14-8-10(12)13/h4-8H,1-3H3. The molecule has 2 rings (SSSR count). The van der Waals surface area contributed by atoms with Crippen molar-refractivity contribution in [3.8, 4) is 0 Å². The number of halogens is 1. The Morgan fingerprint density at radius 3 is 2.47 bits per heavy atom. The fourth-order valence-electron chi connectivity index (χ4n) is 1.88. The summed E-state index contributed by atoms with van der Waals surface area (Å²) < 4.78 is 0. The molecule has 1 aromatic heterocycles. The van der Waals surface area contributed by atoms with Gasteiger partial charge in [0.05, 0.1) is 18.6 Å². The van der Waals surface area contributed by atoms with Crippen LogP contribution in [0.3, 0.4) is 0 Å². The van der Waals surface area contributed by atoms with Gasteiger partial charge in [-0.25, -0.2) is 0 Å². The highest BCUT2D eigenvalue weighted by atomic mass is 35.5. The molecule has 0 aliphatic rings. The lowest BCUT2D eigenvalue weighted by Gasteiger charge is -2.20. The third-order valence-electron chi connectivity index (χ3n) is 2.48. The Kier molecular flexibility index (Phi) is 2.57. The second kappa shape index (κ2) is 3.61. The SMILES string of the molecule is C[Si](C)(C)c1c(Cl)cnc2ccccc12. The van der Waals surface area contributed by atoms with Crippen LogP contribution in [0.4, 0.5) is 0 Å². The minimum absolute atomic E-state index is 0.813. The Morgan fingerprint density at radius 2 is 1.80 bits per heavy atom. The van der Waals surface area contributed by atoms with Crippen molar-refractivity contribution < 1.29 is 0 Å². The van der Waals surface area contributed by atoms with Crippen LogP contribution in [0.15, 0.2) is 30.5 Å². The van der Waals surface area contributed by atoms with Crippen molar-refractivity contribution in [2.24, 2.45) is 0 Å². The van der Waals surface area contributed by atoms with E-state index < -0.39 is 8.07 Å². The molecular formula is C12H14ClNSi. The Bertz CT molecular complexity index is 502. The summed E-state index contributed by atoms with van der Waals surface area (Å²) in [6.07, 6.45) is 1.78. The predicted octanol–water partition coefficient (Wildman–Crippen LogP) is 3.43. The molecule has 0 fully saturated rings. The smallest absolute Gasteiger partial charge is 0.0805 e. The van der Waals surface area contributed by atoms with Crippen LogP contribution in [0, 0.1) is 0 Å². The minimum Gasteiger partial charge on any atom is -0.255 e. The summed E-state index contributed by atoms with van der Waals surface area (Å²) in [5.74, 6) is 0. The molecule has 0 unspecified atom stereocenters. The molecule has 15 heavy (non-hydrogen) atoms. The van der Waals surface area contributed by atoms with E-state index in [0.29, 0.717) is 0 Å². The molecule has 0 radical (unpaired) electrons. The number of aromatic nitrogens is 1. The Hall–Kier alpha value is -0.863. The first-order valence-electron chi connectivity index (χ1n) is 5.04. The molecule has 1 aromatic carbocycles. The Labute approximate surface area is 96.1 Å². The van der Waals surface area contributed by atoms with Crippen molar-refractivity contribution in [1.29, 1.82) is 0 Å². The molecule has 0 N–H and O–H groups in total. The van der Waals surface area contributed by atoms with E-state index in [2.05, 4.69) is 30.7 Å². The van der Waals surface area contributed by atoms with Gasteiger partial charge in [-0.1, -0.05) is 49.4 Å². The Morgan fingerprint density at radius 1 is 1.13 bits per heavy atom. The molecule has 1 nitrogen and oxygen atoms in total. The lowest BCUT2D eigenvalue weighted by Crippen LogP contribution is -2.39. The molecule has 0 bridgehead atoms. The van der Waals surface area contributed by atoms with Crippen LogP contribution in [-0.2, 0) is 0 Å². The fourth-order valence-corrected chi connectivity index (χ4v) is 4.68. The van der Waals surface area contributed by atoms with Crippen molar-refractivity contribution in [2.45, 2.75) is 19.6 Å². The third kappa shape index (κ3) is 1.92. The lowest BCUT2D eigenvalue weighted by molar-refractivity contribution is 1.42. The monoisotopic (exact) mass is 235 g/mol. The molecule has 0 aliphatic carbocycles. The van der Waals surface area contributed by atoms with Crippen LogP contribution in [0.2, 0.25) is 24.7 Å². The zero-order valence-corrected chi connectivity index (χ0v) is 11.0. The van der Waals surface area contributed by atoms with Crippen molar-refractivity contribution >= 4 is 35.8 Å². The molecule has 2 aromatic rings. The molecule has 0 saturated carbocycles. The first kappa shape index (κ1) is 10.6. The molecule has 78 valence electrons. The van der Waals surface area contributed by atoms with E-state index in [-0.39, 0.29) is 0 Å². The summed E-state index contributed by atoms with van der Waals surface area (Å²) in [7, 11) is -1.41. The van der Waals surface area contributed by atoms with Gasteiger partial charge in [0.2, 0.25) is 0 Å². The van der Waals surface area contributed by atoms with Gasteiger partial charge in [0.25, 0.3) is 0 Å². The minimum atomic E-state index is -1.41. The fraction of sp³-hybridized carbons (Fsp3) is 0.250. The van der Waals surface area contributed by atoms with Crippen LogP contribution in [-0.4, -0.2) is 13.1 Å². The van der Waals surface area contributed by atoms with Gasteiger partial charge >= 0.3 is 0 Å². The highest BCUT2D eigenvalue weighted by Gasteiger charge is 2.22. The average Bonchev–Trinajstić information content (AvgIpc) is 2.15. The number of hydrogen-bond acceptors (Lipinski definition) is 1. The van der Waals surface area contributed by atoms with Crippen LogP contribution >= 0.6 is 11.6 Å². The zero-order valence-electron chi connectivity index (χ0n) is 9.21. The van der Waals surface area contributed by atoms with Crippen molar-refractivity contribution in [3.63, 3.8) is 0 Å². The molecule has 1 heterocycles. The maximum atomic E-state index is 6.26. The maximum absolute atomic E-state index is 6.26. The normalized spacial score (nSPS) is 12.0. The van der Waals surface area contributed by atoms with Crippen molar-refractivity contribution in [2.75, 3.05) is 0 Å². The van der Waals surface area contributed by atoms with E-state index in [4.69, 9.17) is 11.6 Å². The van der Waals surface area contributed by atoms with Crippen molar-refractivity contribution in [1.82, 2.24) is 4.98 Å². The molecule has 3 heteroatoms. The number of rotatable bonds is 1.